The summed E-state index contributed by atoms with van der Waals surface area (Å²) in [6, 6.07) is 6.00. The van der Waals surface area contributed by atoms with Crippen molar-refractivity contribution >= 4 is 11.7 Å². The maximum atomic E-state index is 11.7. The number of hydrogen-bond donors (Lipinski definition) is 0. The molecule has 1 aromatic carbocycles. The van der Waals surface area contributed by atoms with Gasteiger partial charge in [-0.3, -0.25) is 14.9 Å². The maximum Gasteiger partial charge on any atom is 0.328 e. The Labute approximate surface area is 126 Å². The minimum atomic E-state index is -0.569. The van der Waals surface area contributed by atoms with Crippen LogP contribution in [-0.4, -0.2) is 31.3 Å². The average Bonchev–Trinajstić information content (AvgIpc) is 2.85. The number of nitro benzene ring substituents is 1. The molecule has 0 unspecified atom stereocenters. The molecule has 116 valence electrons. The molecule has 1 heterocycles. The van der Waals surface area contributed by atoms with Crippen LogP contribution in [0.4, 0.5) is 5.69 Å². The molecule has 22 heavy (non-hydrogen) atoms. The molecule has 2 aromatic rings. The van der Waals surface area contributed by atoms with Crippen molar-refractivity contribution < 1.29 is 14.5 Å². The highest BCUT2D eigenvalue weighted by molar-refractivity contribution is 5.69. The highest BCUT2D eigenvalue weighted by atomic mass is 16.6. The second-order valence-corrected chi connectivity index (χ2v) is 5.66. The van der Waals surface area contributed by atoms with Gasteiger partial charge in [0.25, 0.3) is 5.69 Å². The molecule has 1 aromatic heterocycles. The summed E-state index contributed by atoms with van der Waals surface area (Å²) in [4.78, 5) is 26.1. The quantitative estimate of drug-likeness (QED) is 0.487. The molecule has 0 atom stereocenters. The average molecular weight is 304 g/mol. The minimum absolute atomic E-state index is 0.0407. The van der Waals surface area contributed by atoms with Gasteiger partial charge in [-0.2, -0.15) is 5.10 Å². The highest BCUT2D eigenvalue weighted by Crippen LogP contribution is 2.20. The number of esters is 1. The Hall–Kier alpha value is -2.77. The summed E-state index contributed by atoms with van der Waals surface area (Å²) in [6.45, 7) is 5.27. The number of ether oxygens (including phenoxy) is 1. The molecule has 2 rings (SSSR count). The van der Waals surface area contributed by atoms with E-state index >= 15 is 0 Å². The molecule has 0 amide bonds. The fraction of sp³-hybridized carbons (Fsp3) is 0.357. The smallest absolute Gasteiger partial charge is 0.328 e. The van der Waals surface area contributed by atoms with Crippen molar-refractivity contribution in [3.8, 4) is 11.4 Å². The van der Waals surface area contributed by atoms with Crippen molar-refractivity contribution in [2.24, 2.45) is 0 Å². The summed E-state index contributed by atoms with van der Waals surface area (Å²) in [5.41, 5.74) is -0.0984. The number of carbonyl (C=O) groups excluding carboxylic acids is 1. The predicted octanol–water partition coefficient (Wildman–Crippen LogP) is 2.20. The van der Waals surface area contributed by atoms with Crippen LogP contribution in [0, 0.1) is 10.1 Å². The van der Waals surface area contributed by atoms with Crippen LogP contribution < -0.4 is 0 Å². The van der Waals surface area contributed by atoms with Crippen molar-refractivity contribution in [2.75, 3.05) is 0 Å². The van der Waals surface area contributed by atoms with Gasteiger partial charge in [0, 0.05) is 17.7 Å². The van der Waals surface area contributed by atoms with Gasteiger partial charge in [0.05, 0.1) is 4.92 Å². The van der Waals surface area contributed by atoms with Crippen molar-refractivity contribution in [2.45, 2.75) is 32.9 Å². The van der Waals surface area contributed by atoms with Crippen molar-refractivity contribution in [3.63, 3.8) is 0 Å². The second kappa shape index (κ2) is 5.92. The first-order chi connectivity index (χ1) is 10.2. The number of benzene rings is 1. The van der Waals surface area contributed by atoms with Crippen LogP contribution in [0.2, 0.25) is 0 Å². The van der Waals surface area contributed by atoms with E-state index in [1.165, 1.54) is 23.1 Å². The molecule has 0 aliphatic heterocycles. The lowest BCUT2D eigenvalue weighted by atomic mass is 10.2. The monoisotopic (exact) mass is 304 g/mol. The van der Waals surface area contributed by atoms with E-state index in [9.17, 15) is 14.9 Å². The van der Waals surface area contributed by atoms with E-state index in [2.05, 4.69) is 10.1 Å². The molecule has 8 nitrogen and oxygen atoms in total. The van der Waals surface area contributed by atoms with Crippen LogP contribution in [0.3, 0.4) is 0 Å². The zero-order valence-corrected chi connectivity index (χ0v) is 12.5. The van der Waals surface area contributed by atoms with Gasteiger partial charge < -0.3 is 4.74 Å². The van der Waals surface area contributed by atoms with E-state index < -0.39 is 16.5 Å². The summed E-state index contributed by atoms with van der Waals surface area (Å²) in [7, 11) is 0. The molecule has 0 spiro atoms. The lowest BCUT2D eigenvalue weighted by molar-refractivity contribution is -0.384. The Bertz CT molecular complexity index is 703. The van der Waals surface area contributed by atoms with Crippen molar-refractivity contribution in [1.82, 2.24) is 14.8 Å². The lowest BCUT2D eigenvalue weighted by Crippen LogP contribution is -2.26. The summed E-state index contributed by atoms with van der Waals surface area (Å²) in [5.74, 6) is -0.116. The van der Waals surface area contributed by atoms with Gasteiger partial charge in [0.15, 0.2) is 5.82 Å². The molecule has 0 N–H and O–H groups in total. The lowest BCUT2D eigenvalue weighted by Gasteiger charge is -2.19. The van der Waals surface area contributed by atoms with Gasteiger partial charge in [-0.05, 0) is 20.8 Å². The zero-order valence-electron chi connectivity index (χ0n) is 12.5. The molecule has 0 radical (unpaired) electrons. The normalized spacial score (nSPS) is 11.2. The number of hydrogen-bond acceptors (Lipinski definition) is 6. The minimum Gasteiger partial charge on any atom is -0.459 e. The number of rotatable bonds is 4. The first kappa shape index (κ1) is 15.6. The largest absolute Gasteiger partial charge is 0.459 e. The Morgan fingerprint density at radius 1 is 1.41 bits per heavy atom. The molecule has 0 saturated carbocycles. The number of aromatic nitrogens is 3. The van der Waals surface area contributed by atoms with Crippen molar-refractivity contribution in [1.29, 1.82) is 0 Å². The van der Waals surface area contributed by atoms with E-state index in [1.807, 2.05) is 0 Å². The van der Waals surface area contributed by atoms with E-state index in [0.29, 0.717) is 11.4 Å². The maximum absolute atomic E-state index is 11.7. The molecule has 0 saturated heterocycles. The van der Waals surface area contributed by atoms with Gasteiger partial charge in [0.1, 0.15) is 18.5 Å². The van der Waals surface area contributed by atoms with E-state index in [4.69, 9.17) is 4.74 Å². The van der Waals surface area contributed by atoms with Crippen LogP contribution in [0.5, 0.6) is 0 Å². The Morgan fingerprint density at radius 2 is 2.14 bits per heavy atom. The van der Waals surface area contributed by atoms with E-state index in [1.54, 1.807) is 32.9 Å². The van der Waals surface area contributed by atoms with Gasteiger partial charge in [-0.1, -0.05) is 12.1 Å². The molecular formula is C14H16N4O4. The van der Waals surface area contributed by atoms with Crippen molar-refractivity contribution in [3.05, 3.63) is 40.7 Å². The van der Waals surface area contributed by atoms with E-state index in [0.717, 1.165) is 0 Å². The molecule has 0 fully saturated rings. The zero-order chi connectivity index (χ0) is 16.3. The Kier molecular flexibility index (Phi) is 4.20. The second-order valence-electron chi connectivity index (χ2n) is 5.66. The van der Waals surface area contributed by atoms with Crippen LogP contribution in [0.15, 0.2) is 30.6 Å². The van der Waals surface area contributed by atoms with Gasteiger partial charge in [-0.25, -0.2) is 9.67 Å². The topological polar surface area (TPSA) is 100 Å². The van der Waals surface area contributed by atoms with Gasteiger partial charge in [-0.15, -0.1) is 0 Å². The molecule has 0 aliphatic carbocycles. The molecule has 8 heteroatoms. The summed E-state index contributed by atoms with van der Waals surface area (Å²) in [5, 5.41) is 14.9. The number of carbonyl (C=O) groups is 1. The fourth-order valence-electron chi connectivity index (χ4n) is 1.77. The fourth-order valence-corrected chi connectivity index (χ4v) is 1.77. The summed E-state index contributed by atoms with van der Waals surface area (Å²) < 4.78 is 6.53. The number of nitro groups is 1. The van der Waals surface area contributed by atoms with Crippen LogP contribution >= 0.6 is 0 Å². The first-order valence-electron chi connectivity index (χ1n) is 6.61. The van der Waals surface area contributed by atoms with Gasteiger partial charge in [0.2, 0.25) is 0 Å². The van der Waals surface area contributed by atoms with Crippen LogP contribution in [0.1, 0.15) is 20.8 Å². The third-order valence-corrected chi connectivity index (χ3v) is 2.56. The summed E-state index contributed by atoms with van der Waals surface area (Å²) in [6.07, 6.45) is 1.39. The van der Waals surface area contributed by atoms with Gasteiger partial charge >= 0.3 is 5.97 Å². The molecular weight excluding hydrogens is 288 g/mol. The first-order valence-corrected chi connectivity index (χ1v) is 6.61. The van der Waals surface area contributed by atoms with Crippen LogP contribution in [0.25, 0.3) is 11.4 Å². The van der Waals surface area contributed by atoms with Crippen LogP contribution in [-0.2, 0) is 16.1 Å². The Balaban J connectivity index is 2.13. The molecule has 0 bridgehead atoms. The Morgan fingerprint density at radius 3 is 2.77 bits per heavy atom. The highest BCUT2D eigenvalue weighted by Gasteiger charge is 2.17. The third kappa shape index (κ3) is 4.11. The van der Waals surface area contributed by atoms with E-state index in [-0.39, 0.29) is 12.2 Å². The number of nitrogens with zero attached hydrogens (tertiary/aromatic N) is 4. The third-order valence-electron chi connectivity index (χ3n) is 2.56. The molecule has 0 aliphatic rings. The number of non-ortho nitro benzene ring substituents is 1. The standard InChI is InChI=1S/C14H16N4O4/c1-14(2,3)22-12(19)8-17-9-15-13(16-17)10-5-4-6-11(7-10)18(20)21/h4-7,9H,8H2,1-3H3. The predicted molar refractivity (Wildman–Crippen MR) is 78.0 cm³/mol. The summed E-state index contributed by atoms with van der Waals surface area (Å²) >= 11 is 0. The SMILES string of the molecule is CC(C)(C)OC(=O)Cn1cnc(-c2cccc([N+](=O)[O-])c2)n1.